The maximum Gasteiger partial charge on any atom is 0.267 e. The molecule has 2 N–H and O–H groups in total. The van der Waals surface area contributed by atoms with Crippen molar-refractivity contribution < 1.29 is 4.79 Å². The number of aryl methyl sites for hydroxylation is 1. The number of carbonyl (C=O) groups excluding carboxylic acids is 1. The van der Waals surface area contributed by atoms with Crippen molar-refractivity contribution >= 4 is 17.4 Å². The normalized spacial score (nSPS) is 23.9. The first-order chi connectivity index (χ1) is 8.15. The summed E-state index contributed by atoms with van der Waals surface area (Å²) in [5, 5.41) is 3.88. The molecule has 1 fully saturated rings. The zero-order chi connectivity index (χ0) is 12.4. The second-order valence-corrected chi connectivity index (χ2v) is 5.35. The molecule has 0 radical (unpaired) electrons. The lowest BCUT2D eigenvalue weighted by Gasteiger charge is -2.28. The molecule has 0 bridgehead atoms. The predicted octanol–water partition coefficient (Wildman–Crippen LogP) is 1.05. The highest BCUT2D eigenvalue weighted by Gasteiger charge is 2.33. The van der Waals surface area contributed by atoms with Gasteiger partial charge in [-0.3, -0.25) is 4.79 Å². The number of nitrogens with two attached hydrogens (primary N) is 1. The van der Waals surface area contributed by atoms with E-state index in [1.165, 1.54) is 11.5 Å². The van der Waals surface area contributed by atoms with Gasteiger partial charge in [-0.15, -0.1) is 5.10 Å². The number of rotatable bonds is 3. The van der Waals surface area contributed by atoms with E-state index in [2.05, 4.69) is 9.59 Å². The van der Waals surface area contributed by atoms with Crippen LogP contribution in [0.3, 0.4) is 0 Å². The zero-order valence-corrected chi connectivity index (χ0v) is 11.0. The third-order valence-electron chi connectivity index (χ3n) is 3.59. The predicted molar refractivity (Wildman–Crippen MR) is 66.9 cm³/mol. The summed E-state index contributed by atoms with van der Waals surface area (Å²) >= 11 is 1.17. The minimum Gasteiger partial charge on any atom is -0.338 e. The van der Waals surface area contributed by atoms with Gasteiger partial charge in [0.2, 0.25) is 0 Å². The van der Waals surface area contributed by atoms with Gasteiger partial charge < -0.3 is 10.6 Å². The van der Waals surface area contributed by atoms with Crippen molar-refractivity contribution in [1.29, 1.82) is 0 Å². The number of amides is 1. The van der Waals surface area contributed by atoms with Gasteiger partial charge in [0.05, 0.1) is 5.69 Å². The Morgan fingerprint density at radius 1 is 1.59 bits per heavy atom. The molecule has 94 valence electrons. The van der Waals surface area contributed by atoms with E-state index in [1.807, 2.05) is 18.9 Å². The first-order valence-electron chi connectivity index (χ1n) is 5.91. The van der Waals surface area contributed by atoms with Crippen molar-refractivity contribution in [2.45, 2.75) is 32.2 Å². The number of nitrogens with zero attached hydrogens (tertiary/aromatic N) is 3. The fraction of sp³-hybridized carbons (Fsp3) is 0.727. The van der Waals surface area contributed by atoms with Gasteiger partial charge in [-0.2, -0.15) is 0 Å². The summed E-state index contributed by atoms with van der Waals surface area (Å²) in [6, 6.07) is 0.272. The molecule has 1 aromatic heterocycles. The Morgan fingerprint density at radius 3 is 2.94 bits per heavy atom. The summed E-state index contributed by atoms with van der Waals surface area (Å²) in [5.74, 6) is 0.466. The molecular formula is C11H18N4OS. The number of carbonyl (C=O) groups is 1. The van der Waals surface area contributed by atoms with Crippen LogP contribution in [0, 0.1) is 12.8 Å². The Labute approximate surface area is 105 Å². The minimum absolute atomic E-state index is 0.0304. The number of hydrogen-bond donors (Lipinski definition) is 1. The molecule has 0 aromatic carbocycles. The van der Waals surface area contributed by atoms with Crippen LogP contribution in [0.1, 0.15) is 34.6 Å². The van der Waals surface area contributed by atoms with E-state index < -0.39 is 0 Å². The Kier molecular flexibility index (Phi) is 3.73. The second kappa shape index (κ2) is 5.10. The van der Waals surface area contributed by atoms with E-state index in [0.29, 0.717) is 23.0 Å². The molecule has 0 saturated heterocycles. The fourth-order valence-electron chi connectivity index (χ4n) is 2.54. The van der Waals surface area contributed by atoms with Crippen LogP contribution in [-0.4, -0.2) is 40.0 Å². The second-order valence-electron chi connectivity index (χ2n) is 4.60. The maximum absolute atomic E-state index is 12.3. The van der Waals surface area contributed by atoms with E-state index in [1.54, 1.807) is 0 Å². The summed E-state index contributed by atoms with van der Waals surface area (Å²) in [6.07, 6.45) is 3.33. The number of aromatic nitrogens is 2. The SMILES string of the molecule is Cc1nnsc1C(=O)N(C)C1CCCC1CN. The Bertz CT molecular complexity index is 406. The van der Waals surface area contributed by atoms with Gasteiger partial charge in [-0.05, 0) is 43.8 Å². The van der Waals surface area contributed by atoms with Crippen molar-refractivity contribution in [3.63, 3.8) is 0 Å². The molecule has 1 saturated carbocycles. The van der Waals surface area contributed by atoms with Gasteiger partial charge in [-0.25, -0.2) is 0 Å². The standard InChI is InChI=1S/C11H18N4OS/c1-7-10(17-14-13-7)11(16)15(2)9-5-3-4-8(9)6-12/h8-9H,3-6,12H2,1-2H3. The fourth-order valence-corrected chi connectivity index (χ4v) is 3.18. The van der Waals surface area contributed by atoms with Crippen LogP contribution >= 0.6 is 11.5 Å². The van der Waals surface area contributed by atoms with Crippen LogP contribution in [0.4, 0.5) is 0 Å². The molecule has 2 unspecified atom stereocenters. The van der Waals surface area contributed by atoms with Crippen LogP contribution in [-0.2, 0) is 0 Å². The van der Waals surface area contributed by atoms with Crippen LogP contribution < -0.4 is 5.73 Å². The third-order valence-corrected chi connectivity index (χ3v) is 4.40. The zero-order valence-electron chi connectivity index (χ0n) is 10.2. The summed E-state index contributed by atoms with van der Waals surface area (Å²) in [5.41, 5.74) is 6.47. The summed E-state index contributed by atoms with van der Waals surface area (Å²) in [6.45, 7) is 2.47. The molecule has 0 aliphatic heterocycles. The van der Waals surface area contributed by atoms with Crippen molar-refractivity contribution in [2.24, 2.45) is 11.7 Å². The van der Waals surface area contributed by atoms with Gasteiger partial charge in [0.15, 0.2) is 0 Å². The third kappa shape index (κ3) is 2.32. The first-order valence-corrected chi connectivity index (χ1v) is 6.68. The molecule has 1 heterocycles. The summed E-state index contributed by atoms with van der Waals surface area (Å²) in [7, 11) is 1.86. The highest BCUT2D eigenvalue weighted by Crippen LogP contribution is 2.29. The average Bonchev–Trinajstić information content (AvgIpc) is 2.95. The van der Waals surface area contributed by atoms with E-state index in [4.69, 9.17) is 5.73 Å². The topological polar surface area (TPSA) is 72.1 Å². The lowest BCUT2D eigenvalue weighted by molar-refractivity contribution is 0.0704. The van der Waals surface area contributed by atoms with Crippen LogP contribution in [0.25, 0.3) is 0 Å². The van der Waals surface area contributed by atoms with E-state index >= 15 is 0 Å². The van der Waals surface area contributed by atoms with Crippen molar-refractivity contribution in [3.05, 3.63) is 10.6 Å². The van der Waals surface area contributed by atoms with Gasteiger partial charge in [0.1, 0.15) is 4.88 Å². The highest BCUT2D eigenvalue weighted by atomic mass is 32.1. The Hall–Kier alpha value is -1.01. The molecule has 2 atom stereocenters. The molecule has 1 aliphatic rings. The quantitative estimate of drug-likeness (QED) is 0.875. The maximum atomic E-state index is 12.3. The Morgan fingerprint density at radius 2 is 2.35 bits per heavy atom. The molecule has 0 spiro atoms. The molecule has 6 heteroatoms. The molecular weight excluding hydrogens is 236 g/mol. The molecule has 17 heavy (non-hydrogen) atoms. The average molecular weight is 254 g/mol. The van der Waals surface area contributed by atoms with E-state index in [-0.39, 0.29) is 11.9 Å². The molecule has 1 aliphatic carbocycles. The highest BCUT2D eigenvalue weighted by molar-refractivity contribution is 7.07. The Balaban J connectivity index is 2.12. The van der Waals surface area contributed by atoms with Crippen molar-refractivity contribution in [2.75, 3.05) is 13.6 Å². The largest absolute Gasteiger partial charge is 0.338 e. The molecule has 2 rings (SSSR count). The first kappa shape index (κ1) is 12.4. The van der Waals surface area contributed by atoms with Gasteiger partial charge >= 0.3 is 0 Å². The van der Waals surface area contributed by atoms with E-state index in [0.717, 1.165) is 19.3 Å². The van der Waals surface area contributed by atoms with Gasteiger partial charge in [-0.1, -0.05) is 10.9 Å². The molecule has 1 aromatic rings. The van der Waals surface area contributed by atoms with Gasteiger partial charge in [0, 0.05) is 13.1 Å². The van der Waals surface area contributed by atoms with Crippen LogP contribution in [0.15, 0.2) is 0 Å². The lowest BCUT2D eigenvalue weighted by atomic mass is 10.0. The van der Waals surface area contributed by atoms with Crippen molar-refractivity contribution in [1.82, 2.24) is 14.5 Å². The summed E-state index contributed by atoms with van der Waals surface area (Å²) < 4.78 is 3.81. The van der Waals surface area contributed by atoms with Crippen LogP contribution in [0.2, 0.25) is 0 Å². The lowest BCUT2D eigenvalue weighted by Crippen LogP contribution is -2.41. The van der Waals surface area contributed by atoms with E-state index in [9.17, 15) is 4.79 Å². The summed E-state index contributed by atoms with van der Waals surface area (Å²) in [4.78, 5) is 14.8. The smallest absolute Gasteiger partial charge is 0.267 e. The minimum atomic E-state index is 0.0304. The van der Waals surface area contributed by atoms with Gasteiger partial charge in [0.25, 0.3) is 5.91 Å². The number of hydrogen-bond acceptors (Lipinski definition) is 5. The molecule has 5 nitrogen and oxygen atoms in total. The molecule has 1 amide bonds. The van der Waals surface area contributed by atoms with Crippen LogP contribution in [0.5, 0.6) is 0 Å². The van der Waals surface area contributed by atoms with Crippen molar-refractivity contribution in [3.8, 4) is 0 Å². The monoisotopic (exact) mass is 254 g/mol.